The van der Waals surface area contributed by atoms with E-state index in [0.29, 0.717) is 5.69 Å². The largest absolute Gasteiger partial charge is 0.376 e. The van der Waals surface area contributed by atoms with Crippen LogP contribution in [0.3, 0.4) is 0 Å². The normalized spacial score (nSPS) is 24.1. The van der Waals surface area contributed by atoms with Gasteiger partial charge in [0.15, 0.2) is 0 Å². The smallest absolute Gasteiger partial charge is 0.292 e. The lowest BCUT2D eigenvalue weighted by atomic mass is 9.78. The maximum Gasteiger partial charge on any atom is 0.292 e. The summed E-state index contributed by atoms with van der Waals surface area (Å²) in [7, 11) is 0. The fraction of sp³-hybridized carbons (Fsp3) is 0.647. The fourth-order valence-electron chi connectivity index (χ4n) is 3.89. The number of rotatable bonds is 3. The Balaban J connectivity index is 1.77. The maximum atomic E-state index is 11.3. The molecule has 1 spiro atoms. The van der Waals surface area contributed by atoms with E-state index >= 15 is 0 Å². The Hall–Kier alpha value is -1.62. The lowest BCUT2D eigenvalue weighted by Crippen LogP contribution is -2.45. The average molecular weight is 304 g/mol. The number of benzene rings is 1. The second-order valence-electron chi connectivity index (χ2n) is 6.65. The van der Waals surface area contributed by atoms with Crippen molar-refractivity contribution in [3.05, 3.63) is 33.9 Å². The van der Waals surface area contributed by atoms with Crippen molar-refractivity contribution in [2.45, 2.75) is 63.5 Å². The standard InChI is InChI=1S/C17H24N2O3/c1-13-6-5-7-15(19(20)21)16(13)18-14-8-11-22-17(12-14)9-3-2-4-10-17/h5-7,14,18H,2-4,8-12H2,1H3. The van der Waals surface area contributed by atoms with Gasteiger partial charge in [0.25, 0.3) is 5.69 Å². The van der Waals surface area contributed by atoms with Crippen molar-refractivity contribution in [3.8, 4) is 0 Å². The predicted octanol–water partition coefficient (Wildman–Crippen LogP) is 4.20. The van der Waals surface area contributed by atoms with E-state index in [9.17, 15) is 10.1 Å². The highest BCUT2D eigenvalue weighted by Crippen LogP contribution is 2.40. The van der Waals surface area contributed by atoms with Crippen molar-refractivity contribution in [2.75, 3.05) is 11.9 Å². The van der Waals surface area contributed by atoms with E-state index in [4.69, 9.17) is 4.74 Å². The van der Waals surface area contributed by atoms with Gasteiger partial charge in [0.1, 0.15) is 5.69 Å². The minimum atomic E-state index is -0.301. The van der Waals surface area contributed by atoms with Gasteiger partial charge in [-0.25, -0.2) is 0 Å². The Bertz CT molecular complexity index is 547. The first-order valence-corrected chi connectivity index (χ1v) is 8.24. The molecule has 1 aromatic rings. The molecule has 2 fully saturated rings. The third-order valence-corrected chi connectivity index (χ3v) is 5.05. The van der Waals surface area contributed by atoms with Gasteiger partial charge in [0.05, 0.1) is 10.5 Å². The van der Waals surface area contributed by atoms with Crippen LogP contribution in [0.2, 0.25) is 0 Å². The summed E-state index contributed by atoms with van der Waals surface area (Å²) in [6.07, 6.45) is 7.88. The minimum absolute atomic E-state index is 0.00559. The molecular formula is C17H24N2O3. The molecule has 1 aromatic carbocycles. The highest BCUT2D eigenvalue weighted by atomic mass is 16.6. The number of hydrogen-bond donors (Lipinski definition) is 1. The van der Waals surface area contributed by atoms with Crippen molar-refractivity contribution < 1.29 is 9.66 Å². The van der Waals surface area contributed by atoms with Crippen molar-refractivity contribution in [1.82, 2.24) is 0 Å². The topological polar surface area (TPSA) is 64.4 Å². The van der Waals surface area contributed by atoms with E-state index in [1.54, 1.807) is 12.1 Å². The van der Waals surface area contributed by atoms with Crippen LogP contribution in [0.15, 0.2) is 18.2 Å². The van der Waals surface area contributed by atoms with Gasteiger partial charge in [-0.3, -0.25) is 10.1 Å². The molecule has 0 bridgehead atoms. The third-order valence-electron chi connectivity index (χ3n) is 5.05. The molecule has 1 atom stereocenters. The molecule has 5 nitrogen and oxygen atoms in total. The number of nitrogens with zero attached hydrogens (tertiary/aromatic N) is 1. The van der Waals surface area contributed by atoms with Gasteiger partial charge in [-0.05, 0) is 38.2 Å². The summed E-state index contributed by atoms with van der Waals surface area (Å²) < 4.78 is 6.11. The van der Waals surface area contributed by atoms with Gasteiger partial charge in [-0.1, -0.05) is 31.4 Å². The number of nitro benzene ring substituents is 1. The first kappa shape index (κ1) is 15.3. The van der Waals surface area contributed by atoms with Gasteiger partial charge >= 0.3 is 0 Å². The fourth-order valence-corrected chi connectivity index (χ4v) is 3.89. The SMILES string of the molecule is Cc1cccc([N+](=O)[O-])c1NC1CCOC2(CCCCC2)C1. The van der Waals surface area contributed by atoms with Crippen LogP contribution in [0.25, 0.3) is 0 Å². The summed E-state index contributed by atoms with van der Waals surface area (Å²) in [5.74, 6) is 0. The first-order chi connectivity index (χ1) is 10.6. The molecule has 5 heteroatoms. The van der Waals surface area contributed by atoms with Gasteiger partial charge in [0.2, 0.25) is 0 Å². The van der Waals surface area contributed by atoms with E-state index in [0.717, 1.165) is 37.9 Å². The van der Waals surface area contributed by atoms with Crippen LogP contribution >= 0.6 is 0 Å². The summed E-state index contributed by atoms with van der Waals surface area (Å²) in [5.41, 5.74) is 1.78. The zero-order chi connectivity index (χ0) is 15.6. The zero-order valence-corrected chi connectivity index (χ0v) is 13.1. The number of nitrogens with one attached hydrogen (secondary N) is 1. The van der Waals surface area contributed by atoms with Crippen LogP contribution in [0.5, 0.6) is 0 Å². The third kappa shape index (κ3) is 3.09. The molecule has 1 saturated heterocycles. The van der Waals surface area contributed by atoms with Gasteiger partial charge < -0.3 is 10.1 Å². The summed E-state index contributed by atoms with van der Waals surface area (Å²) in [6, 6.07) is 5.49. The summed E-state index contributed by atoms with van der Waals surface area (Å²) >= 11 is 0. The Labute approximate surface area is 131 Å². The Kier molecular flexibility index (Phi) is 4.34. The van der Waals surface area contributed by atoms with Crippen molar-refractivity contribution in [1.29, 1.82) is 0 Å². The molecule has 1 unspecified atom stereocenters. The van der Waals surface area contributed by atoms with E-state index in [-0.39, 0.29) is 22.3 Å². The number of para-hydroxylation sites is 1. The molecule has 1 aliphatic carbocycles. The molecule has 3 rings (SSSR count). The molecular weight excluding hydrogens is 280 g/mol. The molecule has 2 aliphatic rings. The number of anilines is 1. The molecule has 22 heavy (non-hydrogen) atoms. The Morgan fingerprint density at radius 2 is 2.09 bits per heavy atom. The number of nitro groups is 1. The predicted molar refractivity (Wildman–Crippen MR) is 86.2 cm³/mol. The first-order valence-electron chi connectivity index (χ1n) is 8.24. The number of ether oxygens (including phenoxy) is 1. The van der Waals surface area contributed by atoms with Crippen molar-refractivity contribution in [3.63, 3.8) is 0 Å². The van der Waals surface area contributed by atoms with Crippen LogP contribution in [0, 0.1) is 17.0 Å². The average Bonchev–Trinajstić information content (AvgIpc) is 2.50. The molecule has 1 heterocycles. The lowest BCUT2D eigenvalue weighted by molar-refractivity contribution is -0.384. The summed E-state index contributed by atoms with van der Waals surface area (Å²) in [5, 5.41) is 14.7. The van der Waals surface area contributed by atoms with Crippen molar-refractivity contribution >= 4 is 11.4 Å². The van der Waals surface area contributed by atoms with Crippen LogP contribution in [-0.4, -0.2) is 23.2 Å². The molecule has 1 N–H and O–H groups in total. The number of hydrogen-bond acceptors (Lipinski definition) is 4. The Morgan fingerprint density at radius 3 is 2.82 bits per heavy atom. The number of aryl methyl sites for hydroxylation is 1. The van der Waals surface area contributed by atoms with E-state index in [1.807, 2.05) is 13.0 Å². The zero-order valence-electron chi connectivity index (χ0n) is 13.1. The molecule has 0 radical (unpaired) electrons. The molecule has 0 aromatic heterocycles. The molecule has 1 aliphatic heterocycles. The van der Waals surface area contributed by atoms with Crippen LogP contribution in [0.1, 0.15) is 50.5 Å². The maximum absolute atomic E-state index is 11.3. The van der Waals surface area contributed by atoms with Crippen LogP contribution in [0.4, 0.5) is 11.4 Å². The van der Waals surface area contributed by atoms with Crippen molar-refractivity contribution in [2.24, 2.45) is 0 Å². The summed E-state index contributed by atoms with van der Waals surface area (Å²) in [4.78, 5) is 11.0. The quantitative estimate of drug-likeness (QED) is 0.671. The van der Waals surface area contributed by atoms with E-state index in [2.05, 4.69) is 5.32 Å². The minimum Gasteiger partial charge on any atom is -0.376 e. The van der Waals surface area contributed by atoms with Crippen LogP contribution in [-0.2, 0) is 4.74 Å². The van der Waals surface area contributed by atoms with E-state index in [1.165, 1.54) is 19.3 Å². The second kappa shape index (κ2) is 6.24. The van der Waals surface area contributed by atoms with Gasteiger partial charge in [0, 0.05) is 18.7 Å². The molecule has 1 saturated carbocycles. The molecule has 120 valence electrons. The van der Waals surface area contributed by atoms with E-state index < -0.39 is 0 Å². The van der Waals surface area contributed by atoms with Gasteiger partial charge in [-0.15, -0.1) is 0 Å². The van der Waals surface area contributed by atoms with Crippen LogP contribution < -0.4 is 5.32 Å². The monoisotopic (exact) mass is 304 g/mol. The second-order valence-corrected chi connectivity index (χ2v) is 6.65. The summed E-state index contributed by atoms with van der Waals surface area (Å²) in [6.45, 7) is 2.67. The Morgan fingerprint density at radius 1 is 1.32 bits per heavy atom. The lowest BCUT2D eigenvalue weighted by Gasteiger charge is -2.44. The highest BCUT2D eigenvalue weighted by Gasteiger charge is 2.38. The molecule has 0 amide bonds. The van der Waals surface area contributed by atoms with Gasteiger partial charge in [-0.2, -0.15) is 0 Å². The highest BCUT2D eigenvalue weighted by molar-refractivity contribution is 5.66.